The minimum Gasteiger partial charge on any atom is -0.497 e. The van der Waals surface area contributed by atoms with Crippen molar-refractivity contribution in [2.24, 2.45) is 0 Å². The molecule has 0 atom stereocenters. The predicted molar refractivity (Wildman–Crippen MR) is 120 cm³/mol. The van der Waals surface area contributed by atoms with Crippen LogP contribution in [-0.4, -0.2) is 61.4 Å². The number of benzene rings is 2. The zero-order valence-electron chi connectivity index (χ0n) is 18.0. The van der Waals surface area contributed by atoms with Gasteiger partial charge in [0.25, 0.3) is 5.91 Å². The number of carbonyl (C=O) groups excluding carboxylic acids is 1. The van der Waals surface area contributed by atoms with Gasteiger partial charge in [-0.3, -0.25) is 4.79 Å². The molecule has 0 saturated carbocycles. The van der Waals surface area contributed by atoms with Crippen LogP contribution in [0.2, 0.25) is 0 Å². The molecule has 1 amide bonds. The molecule has 1 saturated heterocycles. The molecule has 0 aliphatic carbocycles. The first-order chi connectivity index (χ1) is 15.1. The van der Waals surface area contributed by atoms with Crippen molar-refractivity contribution in [1.82, 2.24) is 15.1 Å². The summed E-state index contributed by atoms with van der Waals surface area (Å²) in [4.78, 5) is 16.8. The summed E-state index contributed by atoms with van der Waals surface area (Å²) >= 11 is 0. The Morgan fingerprint density at radius 3 is 2.23 bits per heavy atom. The molecule has 0 spiro atoms. The molecule has 1 aliphatic heterocycles. The van der Waals surface area contributed by atoms with E-state index >= 15 is 0 Å². The number of hydrogen-bond donors (Lipinski definition) is 0. The van der Waals surface area contributed by atoms with E-state index in [0.717, 1.165) is 28.3 Å². The molecule has 2 aromatic carbocycles. The van der Waals surface area contributed by atoms with E-state index in [1.807, 2.05) is 66.4 Å². The molecule has 31 heavy (non-hydrogen) atoms. The van der Waals surface area contributed by atoms with Gasteiger partial charge < -0.3 is 19.3 Å². The molecular formula is C24H26N4O3. The lowest BCUT2D eigenvalue weighted by molar-refractivity contribution is 0.0746. The number of piperazine rings is 1. The third-order valence-electron chi connectivity index (χ3n) is 5.52. The molecule has 4 rings (SSSR count). The minimum atomic E-state index is 0.0752. The number of methoxy groups -OCH3 is 2. The second kappa shape index (κ2) is 9.04. The van der Waals surface area contributed by atoms with Crippen LogP contribution in [0.1, 0.15) is 15.9 Å². The highest BCUT2D eigenvalue weighted by atomic mass is 16.5. The van der Waals surface area contributed by atoms with Gasteiger partial charge in [-0.05, 0) is 49.4 Å². The Labute approximate surface area is 182 Å². The van der Waals surface area contributed by atoms with Crippen LogP contribution in [0.25, 0.3) is 11.3 Å². The van der Waals surface area contributed by atoms with Gasteiger partial charge in [-0.25, -0.2) is 0 Å². The number of aromatic nitrogens is 2. The van der Waals surface area contributed by atoms with E-state index in [0.29, 0.717) is 37.6 Å². The van der Waals surface area contributed by atoms with Gasteiger partial charge in [0.15, 0.2) is 5.82 Å². The van der Waals surface area contributed by atoms with Gasteiger partial charge in [0.1, 0.15) is 11.5 Å². The Morgan fingerprint density at radius 1 is 0.871 bits per heavy atom. The van der Waals surface area contributed by atoms with Crippen molar-refractivity contribution in [3.05, 3.63) is 65.7 Å². The van der Waals surface area contributed by atoms with Crippen LogP contribution in [0.15, 0.2) is 54.6 Å². The van der Waals surface area contributed by atoms with Gasteiger partial charge >= 0.3 is 0 Å². The standard InChI is InChI=1S/C24H26N4O3/c1-17-4-6-18(7-5-17)24(29)28-14-12-27(13-15-28)23-11-9-21(25-26-23)20-16-19(30-2)8-10-22(20)31-3/h4-11,16H,12-15H2,1-3H3. The summed E-state index contributed by atoms with van der Waals surface area (Å²) in [6, 6.07) is 17.2. The van der Waals surface area contributed by atoms with Crippen molar-refractivity contribution >= 4 is 11.7 Å². The molecule has 0 unspecified atom stereocenters. The van der Waals surface area contributed by atoms with Crippen molar-refractivity contribution < 1.29 is 14.3 Å². The van der Waals surface area contributed by atoms with Crippen LogP contribution < -0.4 is 14.4 Å². The Bertz CT molecular complexity index is 1040. The van der Waals surface area contributed by atoms with Gasteiger partial charge in [-0.15, -0.1) is 10.2 Å². The highest BCUT2D eigenvalue weighted by molar-refractivity contribution is 5.94. The molecule has 7 heteroatoms. The molecule has 1 fully saturated rings. The number of carbonyl (C=O) groups is 1. The molecule has 1 aliphatic rings. The molecule has 2 heterocycles. The summed E-state index contributed by atoms with van der Waals surface area (Å²) in [7, 11) is 3.26. The number of nitrogens with zero attached hydrogens (tertiary/aromatic N) is 4. The SMILES string of the molecule is COc1ccc(OC)c(-c2ccc(N3CCN(C(=O)c4ccc(C)cc4)CC3)nn2)c1. The number of hydrogen-bond acceptors (Lipinski definition) is 6. The zero-order valence-corrected chi connectivity index (χ0v) is 18.0. The number of aryl methyl sites for hydroxylation is 1. The average Bonchev–Trinajstić information content (AvgIpc) is 2.84. The fourth-order valence-electron chi connectivity index (χ4n) is 3.67. The summed E-state index contributed by atoms with van der Waals surface area (Å²) in [6.45, 7) is 4.76. The lowest BCUT2D eigenvalue weighted by Gasteiger charge is -2.35. The van der Waals surface area contributed by atoms with Crippen LogP contribution in [-0.2, 0) is 0 Å². The Morgan fingerprint density at radius 2 is 1.61 bits per heavy atom. The predicted octanol–water partition coefficient (Wildman–Crippen LogP) is 3.43. The number of rotatable bonds is 5. The topological polar surface area (TPSA) is 67.8 Å². The Balaban J connectivity index is 1.43. The molecule has 1 aromatic heterocycles. The van der Waals surface area contributed by atoms with Gasteiger partial charge in [-0.1, -0.05) is 17.7 Å². The number of anilines is 1. The average molecular weight is 418 g/mol. The molecule has 0 N–H and O–H groups in total. The second-order valence-electron chi connectivity index (χ2n) is 7.49. The minimum absolute atomic E-state index is 0.0752. The summed E-state index contributed by atoms with van der Waals surface area (Å²) < 4.78 is 10.8. The lowest BCUT2D eigenvalue weighted by Crippen LogP contribution is -2.49. The van der Waals surface area contributed by atoms with Gasteiger partial charge in [0, 0.05) is 37.3 Å². The van der Waals surface area contributed by atoms with Gasteiger partial charge in [-0.2, -0.15) is 0 Å². The van der Waals surface area contributed by atoms with E-state index in [9.17, 15) is 4.79 Å². The van der Waals surface area contributed by atoms with Crippen molar-refractivity contribution in [2.75, 3.05) is 45.3 Å². The largest absolute Gasteiger partial charge is 0.497 e. The molecular weight excluding hydrogens is 392 g/mol. The number of amides is 1. The number of ether oxygens (including phenoxy) is 2. The van der Waals surface area contributed by atoms with Gasteiger partial charge in [0.05, 0.1) is 19.9 Å². The third-order valence-corrected chi connectivity index (χ3v) is 5.52. The van der Waals surface area contributed by atoms with Crippen molar-refractivity contribution in [2.45, 2.75) is 6.92 Å². The van der Waals surface area contributed by atoms with Crippen molar-refractivity contribution in [1.29, 1.82) is 0 Å². The van der Waals surface area contributed by atoms with E-state index < -0.39 is 0 Å². The molecule has 3 aromatic rings. The Kier molecular flexibility index (Phi) is 6.02. The highest BCUT2D eigenvalue weighted by Crippen LogP contribution is 2.32. The first kappa shape index (κ1) is 20.7. The van der Waals surface area contributed by atoms with E-state index in [2.05, 4.69) is 15.1 Å². The van der Waals surface area contributed by atoms with Crippen LogP contribution >= 0.6 is 0 Å². The Hall–Kier alpha value is -3.61. The zero-order chi connectivity index (χ0) is 21.8. The third kappa shape index (κ3) is 4.45. The van der Waals surface area contributed by atoms with E-state index in [1.54, 1.807) is 14.2 Å². The van der Waals surface area contributed by atoms with Gasteiger partial charge in [0.2, 0.25) is 0 Å². The van der Waals surface area contributed by atoms with Crippen LogP contribution in [0, 0.1) is 6.92 Å². The molecule has 0 bridgehead atoms. The molecule has 160 valence electrons. The quantitative estimate of drug-likeness (QED) is 0.632. The maximum Gasteiger partial charge on any atom is 0.253 e. The van der Waals surface area contributed by atoms with Crippen molar-refractivity contribution in [3.63, 3.8) is 0 Å². The smallest absolute Gasteiger partial charge is 0.253 e. The summed E-state index contributed by atoms with van der Waals surface area (Å²) in [5.41, 5.74) is 3.42. The monoisotopic (exact) mass is 418 g/mol. The normalized spacial score (nSPS) is 13.8. The van der Waals surface area contributed by atoms with Crippen LogP contribution in [0.5, 0.6) is 11.5 Å². The molecule has 7 nitrogen and oxygen atoms in total. The first-order valence-electron chi connectivity index (χ1n) is 10.3. The fourth-order valence-corrected chi connectivity index (χ4v) is 3.67. The van der Waals surface area contributed by atoms with Crippen LogP contribution in [0.4, 0.5) is 5.82 Å². The van der Waals surface area contributed by atoms with Crippen molar-refractivity contribution in [3.8, 4) is 22.8 Å². The van der Waals surface area contributed by atoms with E-state index in [4.69, 9.17) is 9.47 Å². The summed E-state index contributed by atoms with van der Waals surface area (Å²) in [5, 5.41) is 8.83. The lowest BCUT2D eigenvalue weighted by atomic mass is 10.1. The first-order valence-corrected chi connectivity index (χ1v) is 10.3. The second-order valence-corrected chi connectivity index (χ2v) is 7.49. The fraction of sp³-hybridized carbons (Fsp3) is 0.292. The summed E-state index contributed by atoms with van der Waals surface area (Å²) in [5.74, 6) is 2.32. The highest BCUT2D eigenvalue weighted by Gasteiger charge is 2.23. The summed E-state index contributed by atoms with van der Waals surface area (Å²) in [6.07, 6.45) is 0. The maximum absolute atomic E-state index is 12.7. The maximum atomic E-state index is 12.7. The van der Waals surface area contributed by atoms with E-state index in [1.165, 1.54) is 0 Å². The van der Waals surface area contributed by atoms with E-state index in [-0.39, 0.29) is 5.91 Å². The molecule has 0 radical (unpaired) electrons. The van der Waals surface area contributed by atoms with Crippen LogP contribution in [0.3, 0.4) is 0 Å².